The highest BCUT2D eigenvalue weighted by atomic mass is 16.5. The second kappa shape index (κ2) is 4.26. The van der Waals surface area contributed by atoms with Crippen molar-refractivity contribution in [3.63, 3.8) is 0 Å². The van der Waals surface area contributed by atoms with E-state index >= 15 is 0 Å². The molecular weight excluding hydrogens is 152 g/mol. The van der Waals surface area contributed by atoms with E-state index in [1.165, 1.54) is 11.3 Å². The zero-order valence-corrected chi connectivity index (χ0v) is 8.00. The van der Waals surface area contributed by atoms with E-state index < -0.39 is 0 Å². The molecule has 0 aliphatic rings. The molecule has 0 aliphatic carbocycles. The van der Waals surface area contributed by atoms with Gasteiger partial charge < -0.3 is 4.74 Å². The normalized spacial score (nSPS) is 10.6. The van der Waals surface area contributed by atoms with Crippen molar-refractivity contribution >= 4 is 0 Å². The van der Waals surface area contributed by atoms with E-state index in [4.69, 9.17) is 4.74 Å². The van der Waals surface area contributed by atoms with Gasteiger partial charge in [0.1, 0.15) is 0 Å². The predicted octanol–water partition coefficient (Wildman–Crippen LogP) is 1.40. The van der Waals surface area contributed by atoms with E-state index in [2.05, 4.69) is 25.1 Å². The van der Waals surface area contributed by atoms with Gasteiger partial charge >= 0.3 is 0 Å². The number of nitrogens with zero attached hydrogens (tertiary/aromatic N) is 2. The second-order valence-corrected chi connectivity index (χ2v) is 2.87. The third kappa shape index (κ3) is 2.08. The van der Waals surface area contributed by atoms with Gasteiger partial charge in [0.25, 0.3) is 0 Å². The molecule has 0 saturated carbocycles. The Morgan fingerprint density at radius 1 is 1.58 bits per heavy atom. The quantitative estimate of drug-likeness (QED) is 0.679. The third-order valence-corrected chi connectivity index (χ3v) is 1.91. The lowest BCUT2D eigenvalue weighted by Crippen LogP contribution is -2.04. The van der Waals surface area contributed by atoms with Gasteiger partial charge in [-0.1, -0.05) is 6.92 Å². The molecule has 0 aromatic carbocycles. The van der Waals surface area contributed by atoms with Crippen molar-refractivity contribution in [2.24, 2.45) is 0 Å². The fourth-order valence-corrected chi connectivity index (χ4v) is 1.21. The number of aromatic nitrogens is 2. The molecule has 0 N–H and O–H groups in total. The van der Waals surface area contributed by atoms with Crippen molar-refractivity contribution in [3.8, 4) is 0 Å². The molecule has 0 aliphatic heterocycles. The zero-order chi connectivity index (χ0) is 8.97. The summed E-state index contributed by atoms with van der Waals surface area (Å²) in [5, 5.41) is 4.40. The van der Waals surface area contributed by atoms with Crippen LogP contribution in [0.25, 0.3) is 0 Å². The van der Waals surface area contributed by atoms with Crippen molar-refractivity contribution < 1.29 is 4.74 Å². The molecule has 1 heterocycles. The Kier molecular flexibility index (Phi) is 3.29. The fraction of sp³-hybridized carbons (Fsp3) is 0.667. The number of ether oxygens (including phenoxy) is 1. The van der Waals surface area contributed by atoms with Crippen LogP contribution >= 0.6 is 0 Å². The van der Waals surface area contributed by atoms with E-state index in [-0.39, 0.29) is 0 Å². The summed E-state index contributed by atoms with van der Waals surface area (Å²) in [5.74, 6) is 0. The molecule has 12 heavy (non-hydrogen) atoms. The van der Waals surface area contributed by atoms with Gasteiger partial charge in [-0.15, -0.1) is 0 Å². The Bertz CT molecular complexity index is 243. The van der Waals surface area contributed by atoms with Crippen LogP contribution in [-0.2, 0) is 17.7 Å². The lowest BCUT2D eigenvalue weighted by atomic mass is 10.2. The molecule has 0 amide bonds. The zero-order valence-electron chi connectivity index (χ0n) is 8.00. The van der Waals surface area contributed by atoms with Crippen LogP contribution in [0.1, 0.15) is 18.2 Å². The number of hydrogen-bond acceptors (Lipinski definition) is 2. The molecule has 1 rings (SSSR count). The number of aryl methyl sites for hydroxylation is 2. The highest BCUT2D eigenvalue weighted by Crippen LogP contribution is 2.05. The van der Waals surface area contributed by atoms with Gasteiger partial charge in [-0.25, -0.2) is 0 Å². The molecule has 0 fully saturated rings. The first-order valence-electron chi connectivity index (χ1n) is 4.29. The van der Waals surface area contributed by atoms with E-state index in [1.807, 2.05) is 4.68 Å². The average Bonchev–Trinajstić information content (AvgIpc) is 2.43. The lowest BCUT2D eigenvalue weighted by Gasteiger charge is -1.98. The molecule has 3 heteroatoms. The molecule has 68 valence electrons. The van der Waals surface area contributed by atoms with E-state index in [0.717, 1.165) is 19.6 Å². The van der Waals surface area contributed by atoms with Crippen LogP contribution in [-0.4, -0.2) is 23.5 Å². The highest BCUT2D eigenvalue weighted by molar-refractivity contribution is 5.14. The van der Waals surface area contributed by atoms with Crippen LogP contribution in [0, 0.1) is 6.92 Å². The first-order valence-corrected chi connectivity index (χ1v) is 4.29. The standard InChI is InChI=1S/C9H16N2O/c1-4-9-8(2)7-11(10-9)5-6-12-3/h7H,4-6H2,1-3H3. The van der Waals surface area contributed by atoms with Gasteiger partial charge in [0, 0.05) is 13.3 Å². The summed E-state index contributed by atoms with van der Waals surface area (Å²) in [6.07, 6.45) is 3.07. The summed E-state index contributed by atoms with van der Waals surface area (Å²) in [6, 6.07) is 0. The molecule has 0 radical (unpaired) electrons. The molecule has 1 aromatic heterocycles. The number of methoxy groups -OCH3 is 1. The summed E-state index contributed by atoms with van der Waals surface area (Å²) >= 11 is 0. The maximum atomic E-state index is 4.97. The Hall–Kier alpha value is -0.830. The molecular formula is C9H16N2O. The van der Waals surface area contributed by atoms with Crippen LogP contribution in [0.2, 0.25) is 0 Å². The fourth-order valence-electron chi connectivity index (χ4n) is 1.21. The minimum Gasteiger partial charge on any atom is -0.383 e. The molecule has 3 nitrogen and oxygen atoms in total. The third-order valence-electron chi connectivity index (χ3n) is 1.91. The smallest absolute Gasteiger partial charge is 0.0658 e. The molecule has 0 saturated heterocycles. The van der Waals surface area contributed by atoms with Crippen molar-refractivity contribution in [1.29, 1.82) is 0 Å². The first-order chi connectivity index (χ1) is 5.77. The summed E-state index contributed by atoms with van der Waals surface area (Å²) in [6.45, 7) is 5.78. The largest absolute Gasteiger partial charge is 0.383 e. The van der Waals surface area contributed by atoms with Gasteiger partial charge in [-0.2, -0.15) is 5.10 Å². The average molecular weight is 168 g/mol. The Morgan fingerprint density at radius 3 is 2.83 bits per heavy atom. The molecule has 0 bridgehead atoms. The second-order valence-electron chi connectivity index (χ2n) is 2.87. The summed E-state index contributed by atoms with van der Waals surface area (Å²) in [7, 11) is 1.71. The number of rotatable bonds is 4. The molecule has 0 unspecified atom stereocenters. The number of hydrogen-bond donors (Lipinski definition) is 0. The monoisotopic (exact) mass is 168 g/mol. The van der Waals surface area contributed by atoms with Crippen molar-refractivity contribution in [3.05, 3.63) is 17.5 Å². The topological polar surface area (TPSA) is 27.1 Å². The van der Waals surface area contributed by atoms with Gasteiger partial charge in [-0.05, 0) is 18.9 Å². The van der Waals surface area contributed by atoms with E-state index in [1.54, 1.807) is 7.11 Å². The minimum atomic E-state index is 0.726. The highest BCUT2D eigenvalue weighted by Gasteiger charge is 2.01. The minimum absolute atomic E-state index is 0.726. The van der Waals surface area contributed by atoms with Crippen LogP contribution in [0.5, 0.6) is 0 Å². The lowest BCUT2D eigenvalue weighted by molar-refractivity contribution is 0.183. The Morgan fingerprint density at radius 2 is 2.33 bits per heavy atom. The summed E-state index contributed by atoms with van der Waals surface area (Å²) in [4.78, 5) is 0. The SMILES string of the molecule is CCc1nn(CCOC)cc1C. The van der Waals surface area contributed by atoms with Crippen LogP contribution in [0.4, 0.5) is 0 Å². The van der Waals surface area contributed by atoms with Crippen molar-refractivity contribution in [2.45, 2.75) is 26.8 Å². The van der Waals surface area contributed by atoms with Crippen LogP contribution < -0.4 is 0 Å². The van der Waals surface area contributed by atoms with Gasteiger partial charge in [0.2, 0.25) is 0 Å². The van der Waals surface area contributed by atoms with Crippen LogP contribution in [0.3, 0.4) is 0 Å². The summed E-state index contributed by atoms with van der Waals surface area (Å²) in [5.41, 5.74) is 2.46. The van der Waals surface area contributed by atoms with Crippen molar-refractivity contribution in [2.75, 3.05) is 13.7 Å². The first kappa shape index (κ1) is 9.26. The Labute approximate surface area is 73.3 Å². The van der Waals surface area contributed by atoms with Crippen molar-refractivity contribution in [1.82, 2.24) is 9.78 Å². The molecule has 0 atom stereocenters. The maximum Gasteiger partial charge on any atom is 0.0658 e. The van der Waals surface area contributed by atoms with Gasteiger partial charge in [-0.3, -0.25) is 4.68 Å². The van der Waals surface area contributed by atoms with Crippen LogP contribution in [0.15, 0.2) is 6.20 Å². The van der Waals surface area contributed by atoms with E-state index in [9.17, 15) is 0 Å². The van der Waals surface area contributed by atoms with Gasteiger partial charge in [0.15, 0.2) is 0 Å². The van der Waals surface area contributed by atoms with E-state index in [0.29, 0.717) is 0 Å². The molecule has 0 spiro atoms. The maximum absolute atomic E-state index is 4.97. The van der Waals surface area contributed by atoms with Gasteiger partial charge in [0.05, 0.1) is 18.8 Å². The predicted molar refractivity (Wildman–Crippen MR) is 48.2 cm³/mol. The molecule has 1 aromatic rings. The Balaban J connectivity index is 2.62. The summed E-state index contributed by atoms with van der Waals surface area (Å²) < 4.78 is 6.91.